The van der Waals surface area contributed by atoms with E-state index < -0.39 is 0 Å². The summed E-state index contributed by atoms with van der Waals surface area (Å²) in [6.45, 7) is 3.80. The number of rotatable bonds is 3. The average Bonchev–Trinajstić information content (AvgIpc) is 2.71. The fourth-order valence-corrected chi connectivity index (χ4v) is 3.10. The molecule has 5 nitrogen and oxygen atoms in total. The predicted octanol–water partition coefficient (Wildman–Crippen LogP) is 3.21. The maximum absolute atomic E-state index is 13.9. The SMILES string of the molecule is CN=C(NCc1cc(C#N)ccc1F)N1CCN(c2ccccc2)CC1.I. The van der Waals surface area contributed by atoms with Crippen LogP contribution in [0.15, 0.2) is 53.5 Å². The molecule has 2 aromatic carbocycles. The molecule has 0 spiro atoms. The number of hydrogen-bond donors (Lipinski definition) is 1. The van der Waals surface area contributed by atoms with E-state index in [1.165, 1.54) is 17.8 Å². The van der Waals surface area contributed by atoms with Crippen LogP contribution in [0.4, 0.5) is 10.1 Å². The molecule has 1 saturated heterocycles. The smallest absolute Gasteiger partial charge is 0.194 e. The highest BCUT2D eigenvalue weighted by molar-refractivity contribution is 14.0. The van der Waals surface area contributed by atoms with Gasteiger partial charge >= 0.3 is 0 Å². The molecule has 0 unspecified atom stereocenters. The van der Waals surface area contributed by atoms with Crippen LogP contribution < -0.4 is 10.2 Å². The van der Waals surface area contributed by atoms with Gasteiger partial charge < -0.3 is 15.1 Å². The second-order valence-corrected chi connectivity index (χ2v) is 6.13. The molecule has 0 aliphatic carbocycles. The van der Waals surface area contributed by atoms with Gasteiger partial charge in [0.1, 0.15) is 5.82 Å². The largest absolute Gasteiger partial charge is 0.368 e. The van der Waals surface area contributed by atoms with Gasteiger partial charge in [0, 0.05) is 51.0 Å². The number of nitrogens with one attached hydrogen (secondary N) is 1. The minimum absolute atomic E-state index is 0. The van der Waals surface area contributed by atoms with Gasteiger partial charge in [0.2, 0.25) is 0 Å². The quantitative estimate of drug-likeness (QED) is 0.418. The second kappa shape index (κ2) is 10.1. The van der Waals surface area contributed by atoms with Crippen LogP contribution in [-0.2, 0) is 6.54 Å². The molecular formula is C20H23FIN5. The predicted molar refractivity (Wildman–Crippen MR) is 117 cm³/mol. The number of piperazine rings is 1. The Morgan fingerprint density at radius 2 is 1.85 bits per heavy atom. The summed E-state index contributed by atoms with van der Waals surface area (Å²) in [4.78, 5) is 8.84. The molecule has 2 aromatic rings. The highest BCUT2D eigenvalue weighted by Gasteiger charge is 2.19. The lowest BCUT2D eigenvalue weighted by molar-refractivity contribution is 0.372. The Morgan fingerprint density at radius 1 is 1.15 bits per heavy atom. The van der Waals surface area contributed by atoms with Crippen LogP contribution in [0, 0.1) is 17.1 Å². The van der Waals surface area contributed by atoms with Gasteiger partial charge in [0.15, 0.2) is 5.96 Å². The summed E-state index contributed by atoms with van der Waals surface area (Å²) < 4.78 is 13.9. The number of nitrogens with zero attached hydrogens (tertiary/aromatic N) is 4. The Bertz CT molecular complexity index is 811. The van der Waals surface area contributed by atoms with Crippen molar-refractivity contribution in [3.8, 4) is 6.07 Å². The lowest BCUT2D eigenvalue weighted by atomic mass is 10.1. The van der Waals surface area contributed by atoms with E-state index in [4.69, 9.17) is 5.26 Å². The Labute approximate surface area is 176 Å². The first-order valence-corrected chi connectivity index (χ1v) is 8.65. The number of aliphatic imine (C=N–C) groups is 1. The third-order valence-corrected chi connectivity index (χ3v) is 4.52. The molecule has 1 heterocycles. The molecule has 0 aromatic heterocycles. The average molecular weight is 479 g/mol. The Hall–Kier alpha value is -2.34. The third kappa shape index (κ3) is 5.32. The van der Waals surface area contributed by atoms with E-state index in [1.54, 1.807) is 13.1 Å². The van der Waals surface area contributed by atoms with Crippen LogP contribution in [0.1, 0.15) is 11.1 Å². The second-order valence-electron chi connectivity index (χ2n) is 6.13. The summed E-state index contributed by atoms with van der Waals surface area (Å²) in [6, 6.07) is 16.8. The monoisotopic (exact) mass is 479 g/mol. The number of para-hydroxylation sites is 1. The first-order chi connectivity index (χ1) is 12.7. The van der Waals surface area contributed by atoms with E-state index in [0.29, 0.717) is 17.7 Å². The van der Waals surface area contributed by atoms with Gasteiger partial charge in [-0.15, -0.1) is 24.0 Å². The van der Waals surface area contributed by atoms with E-state index >= 15 is 0 Å². The first kappa shape index (κ1) is 21.0. The minimum atomic E-state index is -0.319. The topological polar surface area (TPSA) is 54.7 Å². The molecule has 142 valence electrons. The molecule has 0 amide bonds. The van der Waals surface area contributed by atoms with Gasteiger partial charge in [-0.25, -0.2) is 4.39 Å². The Kier molecular flexibility index (Phi) is 7.85. The maximum Gasteiger partial charge on any atom is 0.194 e. The van der Waals surface area contributed by atoms with E-state index in [9.17, 15) is 4.39 Å². The molecule has 0 radical (unpaired) electrons. The van der Waals surface area contributed by atoms with Crippen molar-refractivity contribution >= 4 is 35.6 Å². The van der Waals surface area contributed by atoms with Crippen molar-refractivity contribution in [2.45, 2.75) is 6.54 Å². The van der Waals surface area contributed by atoms with E-state index in [0.717, 1.165) is 32.1 Å². The molecule has 0 atom stereocenters. The van der Waals surface area contributed by atoms with Crippen LogP contribution in [0.5, 0.6) is 0 Å². The lowest BCUT2D eigenvalue weighted by Gasteiger charge is -2.37. The first-order valence-electron chi connectivity index (χ1n) is 8.65. The van der Waals surface area contributed by atoms with Gasteiger partial charge in [0.25, 0.3) is 0 Å². The zero-order valence-electron chi connectivity index (χ0n) is 15.2. The standard InChI is InChI=1S/C20H22FN5.HI/c1-23-20(24-15-17-13-16(14-22)7-8-19(17)21)26-11-9-25(10-12-26)18-5-3-2-4-6-18;/h2-8,13H,9-12,15H2,1H3,(H,23,24);1H. The zero-order valence-corrected chi connectivity index (χ0v) is 17.6. The summed E-state index contributed by atoms with van der Waals surface area (Å²) in [5.41, 5.74) is 2.15. The summed E-state index contributed by atoms with van der Waals surface area (Å²) in [5.74, 6) is 0.431. The van der Waals surface area contributed by atoms with E-state index in [-0.39, 0.29) is 29.8 Å². The highest BCUT2D eigenvalue weighted by atomic mass is 127. The molecule has 1 fully saturated rings. The van der Waals surface area contributed by atoms with Crippen LogP contribution in [0.2, 0.25) is 0 Å². The van der Waals surface area contributed by atoms with Crippen molar-refractivity contribution in [1.29, 1.82) is 5.26 Å². The van der Waals surface area contributed by atoms with Crippen molar-refractivity contribution in [3.05, 3.63) is 65.5 Å². The third-order valence-electron chi connectivity index (χ3n) is 4.52. The van der Waals surface area contributed by atoms with E-state index in [1.807, 2.05) is 24.3 Å². The molecule has 0 bridgehead atoms. The normalized spacial score (nSPS) is 14.3. The zero-order chi connectivity index (χ0) is 18.4. The van der Waals surface area contributed by atoms with Crippen molar-refractivity contribution in [1.82, 2.24) is 10.2 Å². The molecule has 7 heteroatoms. The van der Waals surface area contributed by atoms with Crippen molar-refractivity contribution in [2.24, 2.45) is 4.99 Å². The van der Waals surface area contributed by atoms with Crippen LogP contribution >= 0.6 is 24.0 Å². The van der Waals surface area contributed by atoms with Gasteiger partial charge in [-0.1, -0.05) is 18.2 Å². The minimum Gasteiger partial charge on any atom is -0.368 e. The molecule has 0 saturated carbocycles. The number of anilines is 1. The highest BCUT2D eigenvalue weighted by Crippen LogP contribution is 2.16. The van der Waals surface area contributed by atoms with Gasteiger partial charge in [-0.3, -0.25) is 4.99 Å². The molecule has 27 heavy (non-hydrogen) atoms. The fraction of sp³-hybridized carbons (Fsp3) is 0.300. The van der Waals surface area contributed by atoms with Crippen molar-refractivity contribution in [3.63, 3.8) is 0 Å². The van der Waals surface area contributed by atoms with Gasteiger partial charge in [0.05, 0.1) is 11.6 Å². The fourth-order valence-electron chi connectivity index (χ4n) is 3.10. The molecular weight excluding hydrogens is 456 g/mol. The summed E-state index contributed by atoms with van der Waals surface area (Å²) in [7, 11) is 1.73. The molecule has 3 rings (SSSR count). The number of benzene rings is 2. The van der Waals surface area contributed by atoms with Crippen LogP contribution in [0.25, 0.3) is 0 Å². The van der Waals surface area contributed by atoms with Gasteiger partial charge in [-0.2, -0.15) is 5.26 Å². The van der Waals surface area contributed by atoms with Gasteiger partial charge in [-0.05, 0) is 30.3 Å². The maximum atomic E-state index is 13.9. The molecule has 1 aliphatic heterocycles. The lowest BCUT2D eigenvalue weighted by Crippen LogP contribution is -2.52. The number of guanidine groups is 1. The Morgan fingerprint density at radius 3 is 2.48 bits per heavy atom. The number of nitriles is 1. The van der Waals surface area contributed by atoms with Crippen molar-refractivity contribution < 1.29 is 4.39 Å². The van der Waals surface area contributed by atoms with Crippen LogP contribution in [0.3, 0.4) is 0 Å². The summed E-state index contributed by atoms with van der Waals surface area (Å²) in [6.07, 6.45) is 0. The number of halogens is 2. The Balaban J connectivity index is 0.00000261. The molecule has 1 aliphatic rings. The van der Waals surface area contributed by atoms with E-state index in [2.05, 4.69) is 32.2 Å². The summed E-state index contributed by atoms with van der Waals surface area (Å²) >= 11 is 0. The summed E-state index contributed by atoms with van der Waals surface area (Å²) in [5, 5.41) is 12.2. The van der Waals surface area contributed by atoms with Crippen molar-refractivity contribution in [2.75, 3.05) is 38.1 Å². The number of hydrogen-bond acceptors (Lipinski definition) is 3. The van der Waals surface area contributed by atoms with Crippen LogP contribution in [-0.4, -0.2) is 44.1 Å². The molecule has 1 N–H and O–H groups in total.